The molecule has 0 aliphatic rings. The second kappa shape index (κ2) is 7.72. The van der Waals surface area contributed by atoms with Crippen molar-refractivity contribution >= 4 is 45.2 Å². The number of non-ortho nitro benzene ring substituents is 1. The van der Waals surface area contributed by atoms with Gasteiger partial charge in [-0.2, -0.15) is 5.10 Å². The van der Waals surface area contributed by atoms with Crippen LogP contribution in [-0.4, -0.2) is 20.6 Å². The average Bonchev–Trinajstić information content (AvgIpc) is 3.29. The van der Waals surface area contributed by atoms with E-state index in [9.17, 15) is 14.9 Å². The van der Waals surface area contributed by atoms with Gasteiger partial charge in [-0.15, -0.1) is 11.3 Å². The van der Waals surface area contributed by atoms with E-state index in [2.05, 4.69) is 10.4 Å². The SMILES string of the molecule is Nc1ccccc1NC(=O)Cc1ccc(Cn2cc3cc([N+](=O)[O-])ccc3n2)s1. The van der Waals surface area contributed by atoms with E-state index in [1.807, 2.05) is 24.3 Å². The fourth-order valence-corrected chi connectivity index (χ4v) is 3.99. The Labute approximate surface area is 169 Å². The van der Waals surface area contributed by atoms with E-state index in [1.54, 1.807) is 29.1 Å². The number of nitrogens with two attached hydrogens (primary N) is 1. The molecule has 146 valence electrons. The Kier molecular flexibility index (Phi) is 4.96. The molecule has 3 N–H and O–H groups in total. The minimum absolute atomic E-state index is 0.0422. The highest BCUT2D eigenvalue weighted by Gasteiger charge is 2.11. The van der Waals surface area contributed by atoms with Crippen LogP contribution in [0.1, 0.15) is 9.75 Å². The molecule has 0 unspecified atom stereocenters. The first-order chi connectivity index (χ1) is 14.0. The van der Waals surface area contributed by atoms with Gasteiger partial charge >= 0.3 is 0 Å². The molecule has 9 heteroatoms. The Morgan fingerprint density at radius 2 is 1.97 bits per heavy atom. The lowest BCUT2D eigenvalue weighted by molar-refractivity contribution is -0.384. The molecule has 0 aliphatic heterocycles. The monoisotopic (exact) mass is 407 g/mol. The van der Waals surface area contributed by atoms with Crippen molar-refractivity contribution in [3.05, 3.63) is 80.7 Å². The second-order valence-electron chi connectivity index (χ2n) is 6.51. The number of hydrogen-bond donors (Lipinski definition) is 2. The van der Waals surface area contributed by atoms with Crippen molar-refractivity contribution in [1.82, 2.24) is 9.78 Å². The smallest absolute Gasteiger partial charge is 0.270 e. The number of benzene rings is 2. The van der Waals surface area contributed by atoms with E-state index in [0.29, 0.717) is 23.4 Å². The van der Waals surface area contributed by atoms with Crippen LogP contribution in [0.2, 0.25) is 0 Å². The summed E-state index contributed by atoms with van der Waals surface area (Å²) in [5.41, 5.74) is 7.72. The maximum Gasteiger partial charge on any atom is 0.270 e. The van der Waals surface area contributed by atoms with Crippen molar-refractivity contribution in [1.29, 1.82) is 0 Å². The molecular weight excluding hydrogens is 390 g/mol. The number of nitro groups is 1. The van der Waals surface area contributed by atoms with Gasteiger partial charge in [0.05, 0.1) is 34.8 Å². The van der Waals surface area contributed by atoms with E-state index >= 15 is 0 Å². The number of nitrogens with one attached hydrogen (secondary N) is 1. The van der Waals surface area contributed by atoms with Crippen molar-refractivity contribution < 1.29 is 9.72 Å². The molecule has 2 aromatic carbocycles. The Morgan fingerprint density at radius 3 is 2.76 bits per heavy atom. The quantitative estimate of drug-likeness (QED) is 0.286. The van der Waals surface area contributed by atoms with Gasteiger partial charge in [0.1, 0.15) is 0 Å². The van der Waals surface area contributed by atoms with E-state index in [0.717, 1.165) is 15.1 Å². The molecule has 29 heavy (non-hydrogen) atoms. The molecule has 4 aromatic rings. The fourth-order valence-electron chi connectivity index (χ4n) is 2.98. The van der Waals surface area contributed by atoms with E-state index in [1.165, 1.54) is 23.5 Å². The lowest BCUT2D eigenvalue weighted by Crippen LogP contribution is -2.14. The summed E-state index contributed by atoms with van der Waals surface area (Å²) in [4.78, 5) is 24.7. The molecule has 0 radical (unpaired) electrons. The summed E-state index contributed by atoms with van der Waals surface area (Å²) in [5.74, 6) is -0.131. The Morgan fingerprint density at radius 1 is 1.17 bits per heavy atom. The molecule has 0 atom stereocenters. The molecule has 0 aliphatic carbocycles. The van der Waals surface area contributed by atoms with Crippen LogP contribution in [0.5, 0.6) is 0 Å². The Hall–Kier alpha value is -3.72. The fraction of sp³-hybridized carbons (Fsp3) is 0.100. The number of anilines is 2. The highest BCUT2D eigenvalue weighted by Crippen LogP contribution is 2.23. The molecule has 0 bridgehead atoms. The summed E-state index contributed by atoms with van der Waals surface area (Å²) in [7, 11) is 0. The van der Waals surface area contributed by atoms with Gasteiger partial charge < -0.3 is 11.1 Å². The first-order valence-corrected chi connectivity index (χ1v) is 9.63. The number of hydrogen-bond acceptors (Lipinski definition) is 6. The van der Waals surface area contributed by atoms with Crippen molar-refractivity contribution in [2.24, 2.45) is 0 Å². The van der Waals surface area contributed by atoms with E-state index in [4.69, 9.17) is 5.73 Å². The van der Waals surface area contributed by atoms with Crippen LogP contribution in [-0.2, 0) is 17.8 Å². The largest absolute Gasteiger partial charge is 0.397 e. The molecule has 2 heterocycles. The minimum atomic E-state index is -0.420. The molecule has 0 saturated carbocycles. The summed E-state index contributed by atoms with van der Waals surface area (Å²) in [6.45, 7) is 0.528. The number of thiophene rings is 1. The lowest BCUT2D eigenvalue weighted by atomic mass is 10.2. The topological polar surface area (TPSA) is 116 Å². The molecule has 0 spiro atoms. The van der Waals surface area contributed by atoms with Crippen molar-refractivity contribution in [2.75, 3.05) is 11.1 Å². The van der Waals surface area contributed by atoms with Gasteiger partial charge in [0.2, 0.25) is 5.91 Å². The van der Waals surface area contributed by atoms with Gasteiger partial charge in [-0.1, -0.05) is 12.1 Å². The number of nitro benzene ring substituents is 1. The molecule has 0 fully saturated rings. The van der Waals surface area contributed by atoms with Crippen LogP contribution < -0.4 is 11.1 Å². The average molecular weight is 407 g/mol. The summed E-state index contributed by atoms with van der Waals surface area (Å²) < 4.78 is 1.74. The zero-order valence-corrected chi connectivity index (χ0v) is 16.1. The molecule has 0 saturated heterocycles. The number of aromatic nitrogens is 2. The molecule has 2 aromatic heterocycles. The number of carbonyl (C=O) groups is 1. The molecular formula is C20H17N5O3S. The summed E-state index contributed by atoms with van der Waals surface area (Å²) in [6.07, 6.45) is 2.04. The maximum absolute atomic E-state index is 12.3. The molecule has 8 nitrogen and oxygen atoms in total. The second-order valence-corrected chi connectivity index (χ2v) is 7.76. The number of nitrogen functional groups attached to an aromatic ring is 1. The van der Waals surface area contributed by atoms with Gasteiger partial charge in [0.15, 0.2) is 0 Å². The maximum atomic E-state index is 12.3. The third-order valence-corrected chi connectivity index (χ3v) is 5.42. The Bertz CT molecular complexity index is 1210. The number of para-hydroxylation sites is 2. The van der Waals surface area contributed by atoms with Crippen molar-refractivity contribution in [2.45, 2.75) is 13.0 Å². The first kappa shape index (κ1) is 18.6. The first-order valence-electron chi connectivity index (χ1n) is 8.81. The zero-order valence-electron chi connectivity index (χ0n) is 15.2. The van der Waals surface area contributed by atoms with Crippen LogP contribution in [0, 0.1) is 10.1 Å². The van der Waals surface area contributed by atoms with Gasteiger partial charge in [-0.3, -0.25) is 19.6 Å². The highest BCUT2D eigenvalue weighted by atomic mass is 32.1. The normalized spacial score (nSPS) is 10.9. The van der Waals surface area contributed by atoms with Crippen molar-refractivity contribution in [3.8, 4) is 0 Å². The molecule has 1 amide bonds. The summed E-state index contributed by atoms with van der Waals surface area (Å²) >= 11 is 1.53. The highest BCUT2D eigenvalue weighted by molar-refractivity contribution is 7.12. The molecule has 4 rings (SSSR count). The zero-order chi connectivity index (χ0) is 20.4. The van der Waals surface area contributed by atoms with Crippen LogP contribution in [0.3, 0.4) is 0 Å². The van der Waals surface area contributed by atoms with Crippen LogP contribution >= 0.6 is 11.3 Å². The number of fused-ring (bicyclic) bond motifs is 1. The van der Waals surface area contributed by atoms with Crippen LogP contribution in [0.15, 0.2) is 60.8 Å². The number of nitrogens with zero attached hydrogens (tertiary/aromatic N) is 3. The number of amides is 1. The number of carbonyl (C=O) groups excluding carboxylic acids is 1. The third-order valence-electron chi connectivity index (χ3n) is 4.35. The van der Waals surface area contributed by atoms with E-state index < -0.39 is 4.92 Å². The van der Waals surface area contributed by atoms with E-state index in [-0.39, 0.29) is 18.0 Å². The van der Waals surface area contributed by atoms with Crippen molar-refractivity contribution in [3.63, 3.8) is 0 Å². The van der Waals surface area contributed by atoms with Gasteiger partial charge in [0.25, 0.3) is 5.69 Å². The van der Waals surface area contributed by atoms with Gasteiger partial charge in [-0.05, 0) is 30.3 Å². The summed E-state index contributed by atoms with van der Waals surface area (Å²) in [6, 6.07) is 15.6. The van der Waals surface area contributed by atoms with Crippen LogP contribution in [0.25, 0.3) is 10.9 Å². The predicted molar refractivity (Wildman–Crippen MR) is 113 cm³/mol. The number of rotatable bonds is 6. The standard InChI is InChI=1S/C20H17N5O3S/c21-17-3-1-2-4-19(17)22-20(26)10-15-6-7-16(29-15)12-24-11-13-9-14(25(27)28)5-8-18(13)23-24/h1-9,11H,10,12,21H2,(H,22,26). The lowest BCUT2D eigenvalue weighted by Gasteiger charge is -2.06. The predicted octanol–water partition coefficient (Wildman–Crippen LogP) is 3.82. The minimum Gasteiger partial charge on any atom is -0.397 e. The van der Waals surface area contributed by atoms with Crippen LogP contribution in [0.4, 0.5) is 17.1 Å². The Balaban J connectivity index is 1.42. The van der Waals surface area contributed by atoms with Gasteiger partial charge in [-0.25, -0.2) is 0 Å². The third kappa shape index (κ3) is 4.25. The summed E-state index contributed by atoms with van der Waals surface area (Å²) in [5, 5.41) is 18.9. The van der Waals surface area contributed by atoms with Gasteiger partial charge in [0, 0.05) is 33.5 Å².